The van der Waals surface area contributed by atoms with Crippen molar-refractivity contribution in [1.82, 2.24) is 15.3 Å². The molecule has 14 nitrogen and oxygen atoms in total. The predicted molar refractivity (Wildman–Crippen MR) is 248 cm³/mol. The summed E-state index contributed by atoms with van der Waals surface area (Å²) in [5.74, 6) is -0.424. The van der Waals surface area contributed by atoms with E-state index in [9.17, 15) is 14.4 Å². The van der Waals surface area contributed by atoms with Crippen LogP contribution in [0.15, 0.2) is 36.1 Å². The average molecular weight is 909 g/mol. The Labute approximate surface area is 376 Å². The fraction of sp³-hybridized carbons (Fsp3) is 0.783. The molecule has 354 valence electrons. The smallest absolute Gasteiger partial charge is 0.343 e. The van der Waals surface area contributed by atoms with Crippen LogP contribution in [0.1, 0.15) is 128 Å². The molecule has 0 saturated carbocycles. The summed E-state index contributed by atoms with van der Waals surface area (Å²) in [6.07, 6.45) is 4.53. The van der Waals surface area contributed by atoms with E-state index < -0.39 is 34.9 Å². The van der Waals surface area contributed by atoms with Crippen LogP contribution in [0.4, 0.5) is 0 Å². The number of ether oxygens (including phenoxy) is 3. The van der Waals surface area contributed by atoms with Crippen molar-refractivity contribution >= 4 is 34.7 Å². The van der Waals surface area contributed by atoms with Crippen LogP contribution in [0.3, 0.4) is 0 Å². The number of Topliss-reactive ketones (excluding diaryl/α,β-unsaturated/α-hetero) is 1. The van der Waals surface area contributed by atoms with Gasteiger partial charge in [0.05, 0.1) is 44.2 Å². The molecule has 0 radical (unpaired) electrons. The summed E-state index contributed by atoms with van der Waals surface area (Å²) in [6.45, 7) is 42.8. The Hall–Kier alpha value is -2.35. The lowest BCUT2D eigenvalue weighted by Crippen LogP contribution is -2.56. The van der Waals surface area contributed by atoms with Crippen LogP contribution in [0, 0.1) is 12.5 Å². The molecule has 2 rings (SSSR count). The minimum Gasteiger partial charge on any atom is -0.391 e. The lowest BCUT2D eigenvalue weighted by atomic mass is 9.91. The molecule has 62 heavy (non-hydrogen) atoms. The van der Waals surface area contributed by atoms with E-state index in [2.05, 4.69) is 103 Å². The first-order chi connectivity index (χ1) is 29.3. The van der Waals surface area contributed by atoms with Gasteiger partial charge in [-0.05, 0) is 83.9 Å². The van der Waals surface area contributed by atoms with Gasteiger partial charge < -0.3 is 47.6 Å². The Morgan fingerprint density at radius 1 is 1.03 bits per heavy atom. The summed E-state index contributed by atoms with van der Waals surface area (Å²) in [4.78, 5) is 40.8. The topological polar surface area (TPSA) is 147 Å². The lowest BCUT2D eigenvalue weighted by molar-refractivity contribution is -0.123. The number of rotatable bonds is 32. The molecule has 2 heterocycles. The average Bonchev–Trinajstić information content (AvgIpc) is 3.61. The Bertz CT molecular complexity index is 1500. The van der Waals surface area contributed by atoms with Crippen molar-refractivity contribution in [3.8, 4) is 0 Å². The number of nitrogens with zero attached hydrogens (tertiary/aromatic N) is 2. The Morgan fingerprint density at radius 2 is 1.66 bits per heavy atom. The van der Waals surface area contributed by atoms with Crippen molar-refractivity contribution in [2.75, 3.05) is 52.7 Å². The van der Waals surface area contributed by atoms with E-state index in [0.717, 1.165) is 0 Å². The fourth-order valence-electron chi connectivity index (χ4n) is 7.92. The molecule has 0 aromatic carbocycles. The fourth-order valence-corrected chi connectivity index (χ4v) is 13.7. The van der Waals surface area contributed by atoms with E-state index in [4.69, 9.17) is 38.7 Å². The molecular formula is C46H81N4O10PSi. The van der Waals surface area contributed by atoms with Gasteiger partial charge in [-0.1, -0.05) is 60.8 Å². The monoisotopic (exact) mass is 909 g/mol. The quantitative estimate of drug-likeness (QED) is 0.0220. The van der Waals surface area contributed by atoms with Crippen LogP contribution in [-0.4, -0.2) is 120 Å². The normalized spacial score (nSPS) is 20.3. The van der Waals surface area contributed by atoms with Crippen LogP contribution >= 0.6 is 8.53 Å². The molecule has 2 aliphatic heterocycles. The van der Waals surface area contributed by atoms with Gasteiger partial charge in [-0.2, -0.15) is 0 Å². The van der Waals surface area contributed by atoms with Gasteiger partial charge in [0.1, 0.15) is 12.7 Å². The number of hydrogen-bond donors (Lipinski definition) is 2. The standard InChI is InChI=1S/C46H81N4O10PSi/c1-16-46(17-2,21-20-44(52)48-23-25-55-28-27-54-24-18-19-40(51)32(3)4)60-62(35(9)10,36(11)12)57-31-43-42(30-41(58-43)39-29-37(13)45(53)49-38(39)14)59-61(56-26-22-47-15)50(33(5)6)34(7)8/h29,33-36,39,41-43H,3,14,16-28,30-31H2,1-2,4-13H3,(H,48,52)(H,49,53)/t39?,41-,42?,43-,61?/m1/s1. The molecule has 2 amide bonds. The van der Waals surface area contributed by atoms with Crippen molar-refractivity contribution in [1.29, 1.82) is 0 Å². The highest BCUT2D eigenvalue weighted by atomic mass is 31.2. The van der Waals surface area contributed by atoms with Gasteiger partial charge in [0.2, 0.25) is 12.5 Å². The van der Waals surface area contributed by atoms with Gasteiger partial charge in [0.25, 0.3) is 14.4 Å². The van der Waals surface area contributed by atoms with E-state index in [-0.39, 0.29) is 72.5 Å². The number of carbonyl (C=O) groups is 3. The molecule has 0 bridgehead atoms. The maximum atomic E-state index is 13.1. The van der Waals surface area contributed by atoms with E-state index in [1.165, 1.54) is 0 Å². The summed E-state index contributed by atoms with van der Waals surface area (Å²) in [5.41, 5.74) is 1.30. The summed E-state index contributed by atoms with van der Waals surface area (Å²) >= 11 is 0. The van der Waals surface area contributed by atoms with Gasteiger partial charge in [-0.15, -0.1) is 0 Å². The Kier molecular flexibility index (Phi) is 25.1. The number of allylic oxidation sites excluding steroid dienone is 1. The van der Waals surface area contributed by atoms with Crippen molar-refractivity contribution in [3.05, 3.63) is 47.5 Å². The molecule has 0 aliphatic carbocycles. The van der Waals surface area contributed by atoms with E-state index in [1.807, 2.05) is 6.08 Å². The van der Waals surface area contributed by atoms with Gasteiger partial charge in [-0.3, -0.25) is 14.4 Å². The van der Waals surface area contributed by atoms with E-state index in [1.54, 1.807) is 13.8 Å². The summed E-state index contributed by atoms with van der Waals surface area (Å²) in [6, 6.07) is 0.242. The molecule has 2 aliphatic rings. The van der Waals surface area contributed by atoms with Crippen LogP contribution in [-0.2, 0) is 46.5 Å². The number of ketones is 1. The second-order valence-corrected chi connectivity index (χ2v) is 23.3. The SMILES string of the molecule is [C-]#[N+]CCOP(OC1C[C@H](C2C=C(C)C(=O)NC2=C)O[C@@H]1CO[Si](OC(CC)(CC)CCC(=O)NCCOCCOCCCC(=O)C(=C)C)(C(C)C)C(C)C)N(C(C)C)C(C)C. The van der Waals surface area contributed by atoms with Crippen molar-refractivity contribution in [3.63, 3.8) is 0 Å². The van der Waals surface area contributed by atoms with Gasteiger partial charge in [0.15, 0.2) is 5.78 Å². The number of nitrogens with one attached hydrogen (secondary N) is 2. The molecule has 5 atom stereocenters. The second-order valence-electron chi connectivity index (χ2n) is 17.7. The van der Waals surface area contributed by atoms with E-state index in [0.29, 0.717) is 94.8 Å². The third-order valence-electron chi connectivity index (χ3n) is 11.6. The molecule has 2 N–H and O–H groups in total. The van der Waals surface area contributed by atoms with Gasteiger partial charge >= 0.3 is 8.56 Å². The lowest BCUT2D eigenvalue weighted by Gasteiger charge is -2.46. The first-order valence-electron chi connectivity index (χ1n) is 22.8. The highest BCUT2D eigenvalue weighted by Crippen LogP contribution is 2.50. The Balaban J connectivity index is 2.22. The minimum atomic E-state index is -3.05. The Morgan fingerprint density at radius 3 is 2.23 bits per heavy atom. The zero-order valence-corrected chi connectivity index (χ0v) is 42.0. The maximum Gasteiger partial charge on any atom is 0.343 e. The van der Waals surface area contributed by atoms with Crippen molar-refractivity contribution in [2.45, 2.75) is 175 Å². The largest absolute Gasteiger partial charge is 0.391 e. The molecular weight excluding hydrogens is 828 g/mol. The van der Waals surface area contributed by atoms with Crippen LogP contribution in [0.5, 0.6) is 0 Å². The van der Waals surface area contributed by atoms with Gasteiger partial charge in [0, 0.05) is 61.7 Å². The minimum absolute atomic E-state index is 0.0565. The highest BCUT2D eigenvalue weighted by Gasteiger charge is 2.52. The zero-order valence-electron chi connectivity index (χ0n) is 40.1. The third kappa shape index (κ3) is 17.2. The first kappa shape index (κ1) is 55.8. The number of carbonyl (C=O) groups excluding carboxylic acids is 3. The molecule has 1 fully saturated rings. The highest BCUT2D eigenvalue weighted by molar-refractivity contribution is 7.44. The van der Waals surface area contributed by atoms with Crippen LogP contribution in [0.2, 0.25) is 11.1 Å². The van der Waals surface area contributed by atoms with Crippen LogP contribution < -0.4 is 10.6 Å². The second kappa shape index (κ2) is 27.9. The predicted octanol–water partition coefficient (Wildman–Crippen LogP) is 8.73. The summed E-state index contributed by atoms with van der Waals surface area (Å²) < 4.78 is 48.2. The van der Waals surface area contributed by atoms with Crippen LogP contribution in [0.25, 0.3) is 4.85 Å². The third-order valence-corrected chi connectivity index (χ3v) is 18.4. The molecule has 0 aromatic rings. The first-order valence-corrected chi connectivity index (χ1v) is 25.9. The molecule has 0 spiro atoms. The number of hydrogen-bond acceptors (Lipinski definition) is 11. The molecule has 0 aromatic heterocycles. The molecule has 1 saturated heterocycles. The van der Waals surface area contributed by atoms with Crippen molar-refractivity contribution < 1.29 is 46.5 Å². The maximum absolute atomic E-state index is 13.1. The van der Waals surface area contributed by atoms with E-state index >= 15 is 0 Å². The van der Waals surface area contributed by atoms with Crippen molar-refractivity contribution in [2.24, 2.45) is 5.92 Å². The summed E-state index contributed by atoms with van der Waals surface area (Å²) in [5, 5.41) is 5.90. The molecule has 16 heteroatoms. The zero-order chi connectivity index (χ0) is 46.6. The number of amides is 2. The van der Waals surface area contributed by atoms with Gasteiger partial charge in [-0.25, -0.2) is 11.2 Å². The summed E-state index contributed by atoms with van der Waals surface area (Å²) in [7, 11) is -4.62. The molecule has 3 unspecified atom stereocenters.